The van der Waals surface area contributed by atoms with Crippen LogP contribution in [-0.4, -0.2) is 78.5 Å². The zero-order chi connectivity index (χ0) is 35.0. The predicted octanol–water partition coefficient (Wildman–Crippen LogP) is 5.10. The molecule has 2 bridgehead atoms. The number of carbonyl (C=O) groups is 4. The molecule has 0 aromatic heterocycles. The Morgan fingerprint density at radius 1 is 0.894 bits per heavy atom. The molecule has 0 heterocycles. The fourth-order valence-electron chi connectivity index (χ4n) is 8.50. The Kier molecular flexibility index (Phi) is 10.8. The van der Waals surface area contributed by atoms with Gasteiger partial charge in [0.1, 0.15) is 18.3 Å². The third-order valence-corrected chi connectivity index (χ3v) is 10.8. The summed E-state index contributed by atoms with van der Waals surface area (Å²) in [4.78, 5) is 52.9. The molecule has 1 aromatic carbocycles. The number of benzene rings is 1. The third kappa shape index (κ3) is 7.18. The number of fused-ring (bicyclic) bond motifs is 3. The lowest BCUT2D eigenvalue weighted by Crippen LogP contribution is -2.59. The maximum Gasteiger partial charge on any atom is 0.337 e. The van der Waals surface area contributed by atoms with E-state index in [1.54, 1.807) is 19.0 Å². The second-order valence-electron chi connectivity index (χ2n) is 14.5. The summed E-state index contributed by atoms with van der Waals surface area (Å²) < 4.78 is 24.0. The maximum atomic E-state index is 13.6. The number of rotatable bonds is 8. The van der Waals surface area contributed by atoms with Crippen molar-refractivity contribution in [2.24, 2.45) is 22.7 Å². The van der Waals surface area contributed by atoms with Gasteiger partial charge in [-0.1, -0.05) is 57.7 Å². The predicted molar refractivity (Wildman–Crippen MR) is 175 cm³/mol. The molecule has 3 aliphatic rings. The minimum atomic E-state index is -1.45. The van der Waals surface area contributed by atoms with Crippen LogP contribution in [0.5, 0.6) is 0 Å². The van der Waals surface area contributed by atoms with E-state index >= 15 is 0 Å². The van der Waals surface area contributed by atoms with Gasteiger partial charge in [0.25, 0.3) is 0 Å². The number of hydrogen-bond acceptors (Lipinski definition) is 10. The van der Waals surface area contributed by atoms with Crippen LogP contribution in [0, 0.1) is 22.7 Å². The molecule has 1 N–H and O–H groups in total. The molecular formula is C37H51NO9. The summed E-state index contributed by atoms with van der Waals surface area (Å²) in [6.45, 7) is 16.6. The standard InChI is InChI=1S/C37H51NO9/c1-20-27-18-26-19-29(44-22(3)39)21(2)30(36(26,6)7)33(45-23(4)40)34(46-24(5)41)37(27,8)17-16-28(20)47-35(43)32(42)31(38(9)10)25-14-12-11-13-15-25/h11-15,26-29,31-34,42H,1,16-19H2,2-10H3/t26-,27-,28+,29+,31+,32-,33-,34+,37-/m1/s1. The molecule has 0 amide bonds. The van der Waals surface area contributed by atoms with Crippen molar-refractivity contribution in [2.75, 3.05) is 14.1 Å². The van der Waals surface area contributed by atoms with Gasteiger partial charge in [0.2, 0.25) is 0 Å². The minimum absolute atomic E-state index is 0.0563. The van der Waals surface area contributed by atoms with Crippen molar-refractivity contribution in [1.29, 1.82) is 0 Å². The van der Waals surface area contributed by atoms with Crippen molar-refractivity contribution in [3.05, 3.63) is 59.2 Å². The quantitative estimate of drug-likeness (QED) is 0.230. The molecule has 10 heteroatoms. The molecule has 0 unspecified atom stereocenters. The van der Waals surface area contributed by atoms with Gasteiger partial charge in [0.15, 0.2) is 12.2 Å². The topological polar surface area (TPSA) is 129 Å². The van der Waals surface area contributed by atoms with Crippen molar-refractivity contribution >= 4 is 23.9 Å². The summed E-state index contributed by atoms with van der Waals surface area (Å²) in [7, 11) is 3.59. The average molecular weight is 654 g/mol. The van der Waals surface area contributed by atoms with Crippen molar-refractivity contribution < 1.29 is 43.2 Å². The van der Waals surface area contributed by atoms with E-state index in [4.69, 9.17) is 18.9 Å². The molecule has 47 heavy (non-hydrogen) atoms. The fraction of sp³-hybridized carbons (Fsp3) is 0.622. The Morgan fingerprint density at radius 2 is 1.49 bits per heavy atom. The number of carbonyl (C=O) groups excluding carboxylic acids is 4. The normalized spacial score (nSPS) is 31.4. The number of likely N-dealkylation sites (N-methyl/N-ethyl adjacent to an activating group) is 1. The Labute approximate surface area is 278 Å². The number of hydrogen-bond donors (Lipinski definition) is 1. The third-order valence-electron chi connectivity index (χ3n) is 10.8. The van der Waals surface area contributed by atoms with Crippen LogP contribution in [0.1, 0.15) is 85.8 Å². The van der Waals surface area contributed by atoms with Crippen LogP contribution in [0.2, 0.25) is 0 Å². The Hall–Kier alpha value is -3.50. The number of aliphatic hydroxyl groups excluding tert-OH is 1. The lowest BCUT2D eigenvalue weighted by molar-refractivity contribution is -0.188. The van der Waals surface area contributed by atoms with Gasteiger partial charge in [-0.05, 0) is 86.2 Å². The molecule has 4 rings (SSSR count). The Morgan fingerprint density at radius 3 is 2.04 bits per heavy atom. The van der Waals surface area contributed by atoms with Gasteiger partial charge in [-0.2, -0.15) is 0 Å². The lowest BCUT2D eigenvalue weighted by Gasteiger charge is -2.58. The number of esters is 4. The highest BCUT2D eigenvalue weighted by Gasteiger charge is 2.60. The van der Waals surface area contributed by atoms with Crippen LogP contribution < -0.4 is 0 Å². The second kappa shape index (κ2) is 13.9. The molecule has 3 aliphatic carbocycles. The van der Waals surface area contributed by atoms with Crippen molar-refractivity contribution in [3.63, 3.8) is 0 Å². The van der Waals surface area contributed by atoms with Crippen LogP contribution >= 0.6 is 0 Å². The maximum absolute atomic E-state index is 13.6. The monoisotopic (exact) mass is 653 g/mol. The van der Waals surface area contributed by atoms with Gasteiger partial charge in [0, 0.05) is 26.2 Å². The molecule has 258 valence electrons. The van der Waals surface area contributed by atoms with E-state index in [2.05, 4.69) is 20.4 Å². The van der Waals surface area contributed by atoms with E-state index in [-0.39, 0.29) is 11.8 Å². The van der Waals surface area contributed by atoms with E-state index in [0.29, 0.717) is 31.3 Å². The van der Waals surface area contributed by atoms with Gasteiger partial charge >= 0.3 is 23.9 Å². The molecule has 1 aromatic rings. The van der Waals surface area contributed by atoms with Gasteiger partial charge in [0.05, 0.1) is 6.04 Å². The first-order valence-electron chi connectivity index (χ1n) is 16.4. The van der Waals surface area contributed by atoms with Crippen LogP contribution in [0.4, 0.5) is 0 Å². The molecule has 0 spiro atoms. The zero-order valence-electron chi connectivity index (χ0n) is 29.2. The molecular weight excluding hydrogens is 602 g/mol. The Balaban J connectivity index is 1.76. The summed E-state index contributed by atoms with van der Waals surface area (Å²) in [5, 5.41) is 11.3. The van der Waals surface area contributed by atoms with E-state index in [1.807, 2.05) is 44.2 Å². The summed E-state index contributed by atoms with van der Waals surface area (Å²) >= 11 is 0. The van der Waals surface area contributed by atoms with Gasteiger partial charge in [-0.3, -0.25) is 19.3 Å². The van der Waals surface area contributed by atoms with Gasteiger partial charge in [-0.25, -0.2) is 4.79 Å². The average Bonchev–Trinajstić information content (AvgIpc) is 2.96. The number of nitrogens with zero attached hydrogens (tertiary/aromatic N) is 1. The SMILES string of the molecule is C=C1[C@@H](OC(=O)[C@H](O)[C@H](c2ccccc2)N(C)C)CC[C@]2(C)[C@@H]1C[C@@H]1C[C@H](OC(C)=O)C(C)=C([C@@H](OC(C)=O)[C@@H]2OC(C)=O)C1(C)C. The largest absolute Gasteiger partial charge is 0.458 e. The van der Waals surface area contributed by atoms with Gasteiger partial charge < -0.3 is 24.1 Å². The highest BCUT2D eigenvalue weighted by atomic mass is 16.6. The summed E-state index contributed by atoms with van der Waals surface area (Å²) in [5.74, 6) is -2.62. The van der Waals surface area contributed by atoms with E-state index < -0.39 is 71.3 Å². The minimum Gasteiger partial charge on any atom is -0.458 e. The highest BCUT2D eigenvalue weighted by Crippen LogP contribution is 2.60. The van der Waals surface area contributed by atoms with Crippen molar-refractivity contribution in [2.45, 2.75) is 111 Å². The lowest BCUT2D eigenvalue weighted by atomic mass is 9.50. The molecule has 9 atom stereocenters. The van der Waals surface area contributed by atoms with Crippen LogP contribution in [0.15, 0.2) is 53.6 Å². The number of ether oxygens (including phenoxy) is 4. The summed E-state index contributed by atoms with van der Waals surface area (Å²) in [6, 6.07) is 8.66. The first-order valence-corrected chi connectivity index (χ1v) is 16.4. The first-order chi connectivity index (χ1) is 21.9. The van der Waals surface area contributed by atoms with Crippen molar-refractivity contribution in [1.82, 2.24) is 4.90 Å². The fourth-order valence-corrected chi connectivity index (χ4v) is 8.50. The van der Waals surface area contributed by atoms with Crippen LogP contribution in [0.3, 0.4) is 0 Å². The molecule has 0 aliphatic heterocycles. The van der Waals surface area contributed by atoms with Crippen LogP contribution in [-0.2, 0) is 38.1 Å². The number of aliphatic hydroxyl groups is 1. The van der Waals surface area contributed by atoms with E-state index in [1.165, 1.54) is 20.8 Å². The molecule has 10 nitrogen and oxygen atoms in total. The van der Waals surface area contributed by atoms with E-state index in [9.17, 15) is 24.3 Å². The molecule has 2 fully saturated rings. The van der Waals surface area contributed by atoms with E-state index in [0.717, 1.165) is 16.7 Å². The zero-order valence-corrected chi connectivity index (χ0v) is 29.2. The summed E-state index contributed by atoms with van der Waals surface area (Å²) in [5.41, 5.74) is 1.70. The first kappa shape index (κ1) is 36.3. The van der Waals surface area contributed by atoms with Crippen LogP contribution in [0.25, 0.3) is 0 Å². The molecule has 0 radical (unpaired) electrons. The highest BCUT2D eigenvalue weighted by molar-refractivity contribution is 5.76. The molecule has 2 saturated carbocycles. The molecule has 0 saturated heterocycles. The smallest absolute Gasteiger partial charge is 0.337 e. The summed E-state index contributed by atoms with van der Waals surface area (Å²) in [6.07, 6.45) is -2.61. The Bertz CT molecular complexity index is 1420. The second-order valence-corrected chi connectivity index (χ2v) is 14.5. The van der Waals surface area contributed by atoms with Gasteiger partial charge in [-0.15, -0.1) is 0 Å². The van der Waals surface area contributed by atoms with Crippen molar-refractivity contribution in [3.8, 4) is 0 Å².